The summed E-state index contributed by atoms with van der Waals surface area (Å²) in [6, 6.07) is 0. The Hall–Kier alpha value is 1.75. The molecule has 0 spiro atoms. The van der Waals surface area contributed by atoms with Crippen LogP contribution in [0.15, 0.2) is 0 Å². The van der Waals surface area contributed by atoms with Gasteiger partial charge in [-0.3, -0.25) is 0 Å². The van der Waals surface area contributed by atoms with E-state index in [2.05, 4.69) is 12.6 Å². The van der Waals surface area contributed by atoms with Gasteiger partial charge in [0.1, 0.15) is 0 Å². The van der Waals surface area contributed by atoms with Crippen LogP contribution in [-0.4, -0.2) is 17.4 Å². The molecule has 0 heterocycles. The molecular weight excluding hydrogens is 480 g/mol. The average molecular weight is 480 g/mol. The fourth-order valence-electron chi connectivity index (χ4n) is 0.156. The monoisotopic (exact) mass is 480 g/mol. The van der Waals surface area contributed by atoms with Gasteiger partial charge in [-0.1, -0.05) is 5.40 Å². The van der Waals surface area contributed by atoms with E-state index in [0.29, 0.717) is 0 Å². The normalized spacial score (nSPS) is 6.07. The summed E-state index contributed by atoms with van der Waals surface area (Å²) >= 11 is 1.54. The Bertz CT molecular complexity index is 248. The number of nitriles is 4. The zero-order chi connectivity index (χ0) is 10.5. The van der Waals surface area contributed by atoms with Crippen LogP contribution in [0.2, 0.25) is 0 Å². The molecule has 10 heteroatoms. The summed E-state index contributed by atoms with van der Waals surface area (Å²) in [6.45, 7) is 0. The van der Waals surface area contributed by atoms with Gasteiger partial charge in [-0.25, -0.2) is 5.26 Å². The van der Waals surface area contributed by atoms with Crippen LogP contribution < -0.4 is 51.4 Å². The largest absolute Gasteiger partial charge is 1.00 e. The van der Waals surface area contributed by atoms with Crippen LogP contribution in [0.4, 0.5) is 0 Å². The number of nitrogens with zero attached hydrogens (tertiary/aromatic N) is 4. The zero-order valence-electron chi connectivity index (χ0n) is 6.87. The molecule has 0 saturated heterocycles. The van der Waals surface area contributed by atoms with Crippen molar-refractivity contribution in [3.8, 4) is 21.6 Å². The molecule has 0 aliphatic rings. The number of rotatable bonds is 3. The van der Waals surface area contributed by atoms with E-state index in [1.807, 2.05) is 16.2 Å². The van der Waals surface area contributed by atoms with Gasteiger partial charge in [0.05, 0.1) is 0 Å². The van der Waals surface area contributed by atoms with Gasteiger partial charge in [0, 0.05) is 0 Å². The molecule has 66 valence electrons. The maximum absolute atomic E-state index is 8.21. The molecular formula is C4BiKN4S4. The standard InChI is InChI=1S/4CHNS.Bi.K/c4*2-1-3;;/h4*3H;;/q;;;;+3;+1/p-4. The van der Waals surface area contributed by atoms with E-state index in [1.54, 1.807) is 0 Å². The summed E-state index contributed by atoms with van der Waals surface area (Å²) in [5, 5.41) is 38.8. The van der Waals surface area contributed by atoms with Crippen LogP contribution in [0.25, 0.3) is 0 Å². The van der Waals surface area contributed by atoms with Crippen LogP contribution in [0.3, 0.4) is 0 Å². The van der Waals surface area contributed by atoms with Gasteiger partial charge < -0.3 is 12.6 Å². The van der Waals surface area contributed by atoms with Gasteiger partial charge in [0.25, 0.3) is 0 Å². The molecule has 0 rings (SSSR count). The molecule has 0 aromatic heterocycles. The fourth-order valence-corrected chi connectivity index (χ4v) is 12.3. The molecule has 0 atom stereocenters. The first-order valence-electron chi connectivity index (χ1n) is 2.26. The van der Waals surface area contributed by atoms with E-state index in [9.17, 15) is 0 Å². The number of hydrogen-bond donors (Lipinski definition) is 0. The third-order valence-corrected chi connectivity index (χ3v) is 20.9. The fraction of sp³-hybridized carbons (Fsp3) is 0. The Labute approximate surface area is 146 Å². The number of thiocyanates is 4. The molecule has 14 heavy (non-hydrogen) atoms. The molecule has 0 aliphatic heterocycles. The van der Waals surface area contributed by atoms with Crippen molar-refractivity contribution < 1.29 is 51.4 Å². The van der Waals surface area contributed by atoms with Crippen molar-refractivity contribution in [2.75, 3.05) is 0 Å². The van der Waals surface area contributed by atoms with Crippen molar-refractivity contribution >= 4 is 55.5 Å². The van der Waals surface area contributed by atoms with E-state index in [4.69, 9.17) is 21.0 Å². The molecule has 0 aromatic rings. The molecule has 0 unspecified atom stereocenters. The van der Waals surface area contributed by atoms with E-state index >= 15 is 0 Å². The second kappa shape index (κ2) is 20.2. The average Bonchev–Trinajstić information content (AvgIpc) is 2.07. The van der Waals surface area contributed by atoms with Crippen molar-refractivity contribution in [3.05, 3.63) is 0 Å². The quantitative estimate of drug-likeness (QED) is 0.278. The first kappa shape index (κ1) is 21.1. The molecule has 0 saturated carbocycles. The summed E-state index contributed by atoms with van der Waals surface area (Å²) in [5.74, 6) is 0. The molecule has 0 N–H and O–H groups in total. The first-order chi connectivity index (χ1) is 6.26. The molecule has 0 aliphatic carbocycles. The van der Waals surface area contributed by atoms with Gasteiger partial charge in [0.2, 0.25) is 0 Å². The summed E-state index contributed by atoms with van der Waals surface area (Å²) in [7, 11) is 3.35. The minimum absolute atomic E-state index is 0. The van der Waals surface area contributed by atoms with Crippen molar-refractivity contribution in [1.82, 2.24) is 0 Å². The smallest absolute Gasteiger partial charge is 1.00 e. The van der Waals surface area contributed by atoms with Crippen molar-refractivity contribution in [3.63, 3.8) is 0 Å². The second-order valence-electron chi connectivity index (χ2n) is 0.863. The summed E-state index contributed by atoms with van der Waals surface area (Å²) < 4.78 is 0. The molecule has 4 nitrogen and oxygen atoms in total. The van der Waals surface area contributed by atoms with E-state index in [1.165, 1.54) is 5.40 Å². The van der Waals surface area contributed by atoms with Crippen LogP contribution in [0.5, 0.6) is 0 Å². The third kappa shape index (κ3) is 19.3. The van der Waals surface area contributed by atoms with Crippen LogP contribution in [0.1, 0.15) is 0 Å². The molecule has 0 aromatic carbocycles. The first-order valence-corrected chi connectivity index (χ1v) is 17.8. The summed E-state index contributed by atoms with van der Waals surface area (Å²) in [4.78, 5) is 0. The molecule has 0 fully saturated rings. The second-order valence-corrected chi connectivity index (χ2v) is 26.0. The Morgan fingerprint density at radius 1 is 0.857 bits per heavy atom. The van der Waals surface area contributed by atoms with Crippen LogP contribution >= 0.6 is 25.6 Å². The predicted molar refractivity (Wildman–Crippen MR) is 58.3 cm³/mol. The Kier molecular flexibility index (Phi) is 30.4. The third-order valence-electron chi connectivity index (χ3n) is 0.346. The van der Waals surface area contributed by atoms with Gasteiger partial charge in [-0.2, -0.15) is 0 Å². The van der Waals surface area contributed by atoms with Crippen LogP contribution in [0, 0.1) is 42.7 Å². The molecule has 0 radical (unpaired) electrons. The number of hydrogen-bond acceptors (Lipinski definition) is 8. The van der Waals surface area contributed by atoms with E-state index < -0.39 is 17.4 Å². The Morgan fingerprint density at radius 2 is 1.07 bits per heavy atom. The zero-order valence-corrected chi connectivity index (χ0v) is 16.7. The molecule has 0 bridgehead atoms. The van der Waals surface area contributed by atoms with Gasteiger partial charge in [-0.15, -0.1) is 0 Å². The van der Waals surface area contributed by atoms with Gasteiger partial charge >= 0.3 is 126 Å². The van der Waals surface area contributed by atoms with Crippen molar-refractivity contribution in [1.29, 1.82) is 21.0 Å². The van der Waals surface area contributed by atoms with Crippen molar-refractivity contribution in [2.24, 2.45) is 0 Å². The SMILES string of the molecule is N#C[S-].N#C[S][Bi]([S]C#N)[S]C#N.[K+]. The van der Waals surface area contributed by atoms with Gasteiger partial charge in [-0.05, 0) is 0 Å². The molecule has 0 amide bonds. The summed E-state index contributed by atoms with van der Waals surface area (Å²) in [5.41, 5.74) is 0. The Morgan fingerprint density at radius 3 is 1.21 bits per heavy atom. The minimum Gasteiger partial charge on any atom is 1.00 e. The Balaban J connectivity index is -0.000000267. The summed E-state index contributed by atoms with van der Waals surface area (Å²) in [6.07, 6.45) is 0. The maximum atomic E-state index is 8.21. The van der Waals surface area contributed by atoms with Crippen LogP contribution in [-0.2, 0) is 12.6 Å². The van der Waals surface area contributed by atoms with E-state index in [0.717, 1.165) is 25.6 Å². The predicted octanol–water partition coefficient (Wildman–Crippen LogP) is -1.37. The van der Waals surface area contributed by atoms with Gasteiger partial charge in [0.15, 0.2) is 0 Å². The topological polar surface area (TPSA) is 95.2 Å². The minimum atomic E-state index is -2.16. The van der Waals surface area contributed by atoms with E-state index in [-0.39, 0.29) is 51.4 Å². The van der Waals surface area contributed by atoms with Crippen molar-refractivity contribution in [2.45, 2.75) is 0 Å². The maximum Gasteiger partial charge on any atom is 1.00 e.